The zero-order valence-corrected chi connectivity index (χ0v) is 12.5. The molecular weight excluding hydrogens is 261 g/mol. The molecule has 0 saturated carbocycles. The monoisotopic (exact) mass is 287 g/mol. The number of nitrogens with two attached hydrogens (primary N) is 1. The molecule has 106 valence electrons. The third-order valence-corrected chi connectivity index (χ3v) is 3.10. The van der Waals surface area contributed by atoms with Gasteiger partial charge in [0, 0.05) is 45.3 Å². The number of hydrogen-bond acceptors (Lipinski definition) is 4. The summed E-state index contributed by atoms with van der Waals surface area (Å²) < 4.78 is 0. The summed E-state index contributed by atoms with van der Waals surface area (Å²) in [5.41, 5.74) is 5.57. The minimum atomic E-state index is -0.222. The topological polar surface area (TPSA) is 52.7 Å². The van der Waals surface area contributed by atoms with Gasteiger partial charge >= 0.3 is 0 Å². The molecule has 0 amide bonds. The Bertz CT molecular complexity index is 184. The van der Waals surface area contributed by atoms with E-state index in [2.05, 4.69) is 16.7 Å². The van der Waals surface area contributed by atoms with Crippen molar-refractivity contribution < 1.29 is 5.11 Å². The molecule has 1 saturated heterocycles. The number of aliphatic hydroxyl groups excluding tert-OH is 1. The van der Waals surface area contributed by atoms with Crippen LogP contribution in [0.25, 0.3) is 0 Å². The van der Waals surface area contributed by atoms with Gasteiger partial charge in [-0.3, -0.25) is 9.80 Å². The van der Waals surface area contributed by atoms with Gasteiger partial charge in [-0.05, 0) is 13.3 Å². The second-order valence-corrected chi connectivity index (χ2v) is 4.50. The van der Waals surface area contributed by atoms with Crippen LogP contribution < -0.4 is 5.73 Å². The Labute approximate surface area is 117 Å². The summed E-state index contributed by atoms with van der Waals surface area (Å²) in [6, 6.07) is 0.583. The van der Waals surface area contributed by atoms with E-state index in [9.17, 15) is 5.11 Å². The van der Waals surface area contributed by atoms with Crippen LogP contribution in [0.4, 0.5) is 0 Å². The highest BCUT2D eigenvalue weighted by Crippen LogP contribution is 2.12. The number of β-amino-alcohol motifs (C(OH)–C–C–N with tert-alkyl or cyclic N) is 1. The molecule has 0 radical (unpaired) electrons. The maximum Gasteiger partial charge on any atom is 0.0639 e. The third-order valence-electron chi connectivity index (χ3n) is 3.10. The molecule has 1 fully saturated rings. The van der Waals surface area contributed by atoms with Gasteiger partial charge in [-0.15, -0.1) is 24.8 Å². The van der Waals surface area contributed by atoms with Gasteiger partial charge in [-0.2, -0.15) is 0 Å². The molecule has 3 N–H and O–H groups in total. The highest BCUT2D eigenvalue weighted by molar-refractivity contribution is 5.85. The van der Waals surface area contributed by atoms with Gasteiger partial charge in [0.1, 0.15) is 0 Å². The maximum absolute atomic E-state index is 9.41. The van der Waals surface area contributed by atoms with E-state index in [-0.39, 0.29) is 30.9 Å². The van der Waals surface area contributed by atoms with Crippen molar-refractivity contribution in [2.24, 2.45) is 5.73 Å². The van der Waals surface area contributed by atoms with Gasteiger partial charge in [0.2, 0.25) is 0 Å². The zero-order valence-electron chi connectivity index (χ0n) is 10.8. The highest BCUT2D eigenvalue weighted by atomic mass is 35.5. The lowest BCUT2D eigenvalue weighted by Gasteiger charge is -2.41. The van der Waals surface area contributed by atoms with Crippen molar-refractivity contribution >= 4 is 24.8 Å². The lowest BCUT2D eigenvalue weighted by atomic mass is 10.1. The molecule has 1 aliphatic rings. The molecule has 1 aliphatic heterocycles. The largest absolute Gasteiger partial charge is 0.392 e. The van der Waals surface area contributed by atoms with Crippen LogP contribution in [0.1, 0.15) is 20.3 Å². The average Bonchev–Trinajstić information content (AvgIpc) is 2.20. The molecule has 4 nitrogen and oxygen atoms in total. The molecule has 1 rings (SSSR count). The Morgan fingerprint density at radius 2 is 2.00 bits per heavy atom. The quantitative estimate of drug-likeness (QED) is 0.776. The summed E-state index contributed by atoms with van der Waals surface area (Å²) in [6.45, 7) is 9.86. The molecule has 2 unspecified atom stereocenters. The number of halogens is 2. The van der Waals surface area contributed by atoms with Gasteiger partial charge in [0.15, 0.2) is 0 Å². The van der Waals surface area contributed by atoms with E-state index in [1.807, 2.05) is 6.92 Å². The first-order valence-electron chi connectivity index (χ1n) is 6.01. The zero-order chi connectivity index (χ0) is 11.3. The number of aliphatic hydroxyl groups is 1. The first-order chi connectivity index (χ1) is 7.17. The lowest BCUT2D eigenvalue weighted by molar-refractivity contribution is 0.0378. The number of hydrogen-bond donors (Lipinski definition) is 2. The normalized spacial score (nSPS) is 23.6. The molecule has 0 aliphatic carbocycles. The SMILES string of the molecule is CCC1CN(CCN)CCN1CC(C)O.Cl.Cl. The van der Waals surface area contributed by atoms with Crippen LogP contribution >= 0.6 is 24.8 Å². The summed E-state index contributed by atoms with van der Waals surface area (Å²) in [6.07, 6.45) is 0.924. The summed E-state index contributed by atoms with van der Waals surface area (Å²) in [4.78, 5) is 4.82. The van der Waals surface area contributed by atoms with Crippen LogP contribution in [0.15, 0.2) is 0 Å². The Kier molecular flexibility index (Phi) is 12.0. The minimum absolute atomic E-state index is 0. The van der Waals surface area contributed by atoms with Crippen molar-refractivity contribution in [3.05, 3.63) is 0 Å². The maximum atomic E-state index is 9.41. The second-order valence-electron chi connectivity index (χ2n) is 4.50. The van der Waals surface area contributed by atoms with E-state index in [4.69, 9.17) is 5.73 Å². The first kappa shape index (κ1) is 19.8. The van der Waals surface area contributed by atoms with Crippen LogP contribution in [-0.4, -0.2) is 66.3 Å². The summed E-state index contributed by atoms with van der Waals surface area (Å²) in [5, 5.41) is 9.41. The van der Waals surface area contributed by atoms with Crippen molar-refractivity contribution in [2.75, 3.05) is 39.3 Å². The van der Waals surface area contributed by atoms with Gasteiger partial charge in [-0.25, -0.2) is 0 Å². The van der Waals surface area contributed by atoms with Gasteiger partial charge < -0.3 is 10.8 Å². The fourth-order valence-electron chi connectivity index (χ4n) is 2.31. The van der Waals surface area contributed by atoms with Crippen LogP contribution in [-0.2, 0) is 0 Å². The van der Waals surface area contributed by atoms with Crippen molar-refractivity contribution in [3.8, 4) is 0 Å². The molecule has 6 heteroatoms. The number of nitrogens with zero attached hydrogens (tertiary/aromatic N) is 2. The summed E-state index contributed by atoms with van der Waals surface area (Å²) >= 11 is 0. The van der Waals surface area contributed by atoms with Crippen molar-refractivity contribution in [1.29, 1.82) is 0 Å². The van der Waals surface area contributed by atoms with Crippen LogP contribution in [0, 0.1) is 0 Å². The Morgan fingerprint density at radius 1 is 1.35 bits per heavy atom. The molecule has 0 aromatic carbocycles. The fraction of sp³-hybridized carbons (Fsp3) is 1.00. The minimum Gasteiger partial charge on any atom is -0.392 e. The molecule has 0 spiro atoms. The van der Waals surface area contributed by atoms with E-state index in [1.54, 1.807) is 0 Å². The van der Waals surface area contributed by atoms with Crippen LogP contribution in [0.2, 0.25) is 0 Å². The average molecular weight is 288 g/mol. The summed E-state index contributed by atoms with van der Waals surface area (Å²) in [5.74, 6) is 0. The molecular formula is C11H27Cl2N3O. The summed E-state index contributed by atoms with van der Waals surface area (Å²) in [7, 11) is 0. The van der Waals surface area contributed by atoms with E-state index >= 15 is 0 Å². The molecule has 1 heterocycles. The second kappa shape index (κ2) is 10.4. The van der Waals surface area contributed by atoms with E-state index in [1.165, 1.54) is 0 Å². The first-order valence-corrected chi connectivity index (χ1v) is 6.01. The smallest absolute Gasteiger partial charge is 0.0639 e. The van der Waals surface area contributed by atoms with Crippen molar-refractivity contribution in [3.63, 3.8) is 0 Å². The van der Waals surface area contributed by atoms with Gasteiger partial charge in [0.05, 0.1) is 6.10 Å². The van der Waals surface area contributed by atoms with Crippen molar-refractivity contribution in [1.82, 2.24) is 9.80 Å². The Balaban J connectivity index is 0. The molecule has 2 atom stereocenters. The highest BCUT2D eigenvalue weighted by Gasteiger charge is 2.25. The van der Waals surface area contributed by atoms with E-state index < -0.39 is 0 Å². The predicted molar refractivity (Wildman–Crippen MR) is 77.3 cm³/mol. The third kappa shape index (κ3) is 6.79. The standard InChI is InChI=1S/C11H25N3O.2ClH/c1-3-11-9-13(5-4-12)6-7-14(11)8-10(2)15;;/h10-11,15H,3-9,12H2,1-2H3;2*1H. The van der Waals surface area contributed by atoms with Crippen molar-refractivity contribution in [2.45, 2.75) is 32.4 Å². The molecule has 0 aromatic heterocycles. The number of piperazine rings is 1. The fourth-order valence-corrected chi connectivity index (χ4v) is 2.31. The van der Waals surface area contributed by atoms with E-state index in [0.29, 0.717) is 6.04 Å². The van der Waals surface area contributed by atoms with Crippen LogP contribution in [0.3, 0.4) is 0 Å². The Morgan fingerprint density at radius 3 is 2.47 bits per heavy atom. The Hall–Kier alpha value is 0.420. The van der Waals surface area contributed by atoms with Gasteiger partial charge in [-0.1, -0.05) is 6.92 Å². The van der Waals surface area contributed by atoms with E-state index in [0.717, 1.165) is 45.7 Å². The predicted octanol–water partition coefficient (Wildman–Crippen LogP) is 0.566. The molecule has 0 aromatic rings. The van der Waals surface area contributed by atoms with Gasteiger partial charge in [0.25, 0.3) is 0 Å². The molecule has 17 heavy (non-hydrogen) atoms. The van der Waals surface area contributed by atoms with Crippen LogP contribution in [0.5, 0.6) is 0 Å². The molecule has 0 bridgehead atoms. The lowest BCUT2D eigenvalue weighted by Crippen LogP contribution is -2.55. The number of rotatable bonds is 5.